The monoisotopic (exact) mass is 476 g/mol. The van der Waals surface area contributed by atoms with Crippen molar-refractivity contribution in [1.82, 2.24) is 0 Å². The predicted molar refractivity (Wildman–Crippen MR) is 164 cm³/mol. The Bertz CT molecular complexity index is 2000. The lowest BCUT2D eigenvalue weighted by molar-refractivity contribution is 1.76. The van der Waals surface area contributed by atoms with Crippen LogP contribution in [0.3, 0.4) is 0 Å². The van der Waals surface area contributed by atoms with Gasteiger partial charge in [-0.05, 0) is 104 Å². The molecule has 0 aliphatic rings. The minimum absolute atomic E-state index is 1.19. The van der Waals surface area contributed by atoms with Gasteiger partial charge >= 0.3 is 0 Å². The first kappa shape index (κ1) is 20.2. The van der Waals surface area contributed by atoms with Gasteiger partial charge in [0.1, 0.15) is 0 Å². The molecule has 38 heavy (non-hydrogen) atoms. The fraction of sp³-hybridized carbons (Fsp3) is 0. The van der Waals surface area contributed by atoms with Crippen LogP contribution < -0.4 is 0 Å². The van der Waals surface area contributed by atoms with E-state index in [1.165, 1.54) is 86.2 Å². The molecule has 0 aromatic heterocycles. The highest BCUT2D eigenvalue weighted by atomic mass is 14.2. The van der Waals surface area contributed by atoms with E-state index in [-0.39, 0.29) is 0 Å². The largest absolute Gasteiger partial charge is 0.0616 e. The maximum absolute atomic E-state index is 3.51. The molecule has 0 aliphatic heterocycles. The summed E-state index contributed by atoms with van der Waals surface area (Å²) < 4.78 is 0. The van der Waals surface area contributed by atoms with Crippen LogP contribution in [-0.2, 0) is 0 Å². The standard InChI is InChI=1S/C24H11.C14H9/c1-2-14-5-6-16-9-11-18-12-10-17-8-7-15-4-3-13(1)19-20(14)22(16)24(18)23(17)21(15)19;1-3-7-13-11(5-1)9-10-12-6-2-4-8-14(12)13/h1-11H;1-5,7-10H. The molecule has 0 amide bonds. The Morgan fingerprint density at radius 2 is 0.816 bits per heavy atom. The molecular formula is C38H20. The number of benzene rings is 10. The molecule has 10 rings (SSSR count). The van der Waals surface area contributed by atoms with Gasteiger partial charge in [-0.25, -0.2) is 0 Å². The minimum atomic E-state index is 1.19. The molecule has 10 aromatic carbocycles. The van der Waals surface area contributed by atoms with Crippen molar-refractivity contribution in [2.45, 2.75) is 0 Å². The molecule has 0 spiro atoms. The molecule has 0 atom stereocenters. The zero-order valence-electron chi connectivity index (χ0n) is 20.5. The summed E-state index contributed by atoms with van der Waals surface area (Å²) in [4.78, 5) is 0. The van der Waals surface area contributed by atoms with Crippen LogP contribution in [0, 0.1) is 12.1 Å². The van der Waals surface area contributed by atoms with Gasteiger partial charge in [-0.2, -0.15) is 0 Å². The zero-order chi connectivity index (χ0) is 24.8. The fourth-order valence-corrected chi connectivity index (χ4v) is 6.69. The van der Waals surface area contributed by atoms with Crippen LogP contribution in [0.5, 0.6) is 0 Å². The average molecular weight is 477 g/mol. The summed E-state index contributed by atoms with van der Waals surface area (Å²) in [7, 11) is 0. The second kappa shape index (κ2) is 7.31. The van der Waals surface area contributed by atoms with Gasteiger partial charge in [0.05, 0.1) is 0 Å². The van der Waals surface area contributed by atoms with Crippen LogP contribution in [0.15, 0.2) is 121 Å². The molecule has 2 radical (unpaired) electrons. The van der Waals surface area contributed by atoms with Crippen LogP contribution in [0.4, 0.5) is 0 Å². The summed E-state index contributed by atoms with van der Waals surface area (Å²) >= 11 is 0. The summed E-state index contributed by atoms with van der Waals surface area (Å²) in [5.41, 5.74) is 0. The van der Waals surface area contributed by atoms with E-state index in [4.69, 9.17) is 0 Å². The summed E-state index contributed by atoms with van der Waals surface area (Å²) in [6, 6.07) is 50.3. The third kappa shape index (κ3) is 2.59. The number of fused-ring (bicyclic) bond motifs is 3. The van der Waals surface area contributed by atoms with Gasteiger partial charge in [0.25, 0.3) is 0 Å². The summed E-state index contributed by atoms with van der Waals surface area (Å²) in [6.07, 6.45) is 0. The second-order valence-electron chi connectivity index (χ2n) is 10.3. The molecule has 0 nitrogen and oxygen atoms in total. The molecule has 0 saturated heterocycles. The van der Waals surface area contributed by atoms with Crippen LogP contribution in [0.1, 0.15) is 0 Å². The lowest BCUT2D eigenvalue weighted by atomic mass is 9.83. The molecule has 0 bridgehead atoms. The van der Waals surface area contributed by atoms with Gasteiger partial charge in [0.15, 0.2) is 0 Å². The van der Waals surface area contributed by atoms with Crippen molar-refractivity contribution in [1.29, 1.82) is 0 Å². The van der Waals surface area contributed by atoms with Gasteiger partial charge in [0.2, 0.25) is 0 Å². The van der Waals surface area contributed by atoms with Crippen LogP contribution in [0.2, 0.25) is 0 Å². The zero-order valence-corrected chi connectivity index (χ0v) is 20.5. The first-order chi connectivity index (χ1) is 18.8. The summed E-state index contributed by atoms with van der Waals surface area (Å²) in [5, 5.41) is 21.4. The lowest BCUT2D eigenvalue weighted by Crippen LogP contribution is -1.92. The predicted octanol–water partition coefficient (Wildman–Crippen LogP) is 10.5. The second-order valence-corrected chi connectivity index (χ2v) is 10.3. The molecule has 0 heterocycles. The maximum atomic E-state index is 3.51. The van der Waals surface area contributed by atoms with E-state index >= 15 is 0 Å². The average Bonchev–Trinajstić information content (AvgIpc) is 3.00. The minimum Gasteiger partial charge on any atom is -0.0616 e. The molecule has 0 heteroatoms. The van der Waals surface area contributed by atoms with E-state index in [9.17, 15) is 0 Å². The van der Waals surface area contributed by atoms with E-state index in [1.54, 1.807) is 0 Å². The quantitative estimate of drug-likeness (QED) is 0.151. The van der Waals surface area contributed by atoms with E-state index in [1.807, 2.05) is 12.1 Å². The molecule has 10 aromatic rings. The normalized spacial score (nSPS) is 12.2. The van der Waals surface area contributed by atoms with Crippen molar-refractivity contribution in [3.63, 3.8) is 0 Å². The smallest absolute Gasteiger partial charge is 0.000762 e. The van der Waals surface area contributed by atoms with Gasteiger partial charge in [-0.15, -0.1) is 0 Å². The Kier molecular flexibility index (Phi) is 3.88. The number of hydrogen-bond acceptors (Lipinski definition) is 0. The molecule has 0 unspecified atom stereocenters. The molecule has 0 N–H and O–H groups in total. The van der Waals surface area contributed by atoms with E-state index < -0.39 is 0 Å². The first-order valence-corrected chi connectivity index (χ1v) is 13.1. The molecular weight excluding hydrogens is 456 g/mol. The molecule has 172 valence electrons. The van der Waals surface area contributed by atoms with Crippen molar-refractivity contribution in [3.05, 3.63) is 133 Å². The Morgan fingerprint density at radius 3 is 1.53 bits per heavy atom. The Balaban J connectivity index is 0.000000129. The molecule has 0 saturated carbocycles. The fourth-order valence-electron chi connectivity index (χ4n) is 6.69. The Labute approximate surface area is 219 Å². The third-order valence-electron chi connectivity index (χ3n) is 8.36. The van der Waals surface area contributed by atoms with Gasteiger partial charge < -0.3 is 0 Å². The van der Waals surface area contributed by atoms with Gasteiger partial charge in [-0.3, -0.25) is 0 Å². The topological polar surface area (TPSA) is 0 Å². The van der Waals surface area contributed by atoms with Crippen molar-refractivity contribution in [2.24, 2.45) is 0 Å². The SMILES string of the molecule is [c]1cc2ccc3ccc4ccc5ccc6ccc1c1c2c3c4c5c61.[c]1cccc2c1ccc1ccccc12. The van der Waals surface area contributed by atoms with Crippen molar-refractivity contribution in [2.75, 3.05) is 0 Å². The van der Waals surface area contributed by atoms with E-state index in [0.717, 1.165) is 0 Å². The third-order valence-corrected chi connectivity index (χ3v) is 8.36. The Hall–Kier alpha value is -4.94. The number of hydrogen-bond donors (Lipinski definition) is 0. The highest BCUT2D eigenvalue weighted by molar-refractivity contribution is 6.44. The van der Waals surface area contributed by atoms with Crippen LogP contribution in [-0.4, -0.2) is 0 Å². The summed E-state index contributed by atoms with van der Waals surface area (Å²) in [6.45, 7) is 0. The highest BCUT2D eigenvalue weighted by Crippen LogP contribution is 2.47. The summed E-state index contributed by atoms with van der Waals surface area (Å²) in [5.74, 6) is 0. The number of rotatable bonds is 0. The molecule has 0 fully saturated rings. The van der Waals surface area contributed by atoms with Crippen molar-refractivity contribution < 1.29 is 0 Å². The van der Waals surface area contributed by atoms with Crippen molar-refractivity contribution >= 4 is 86.2 Å². The maximum Gasteiger partial charge on any atom is -0.000762 e. The highest BCUT2D eigenvalue weighted by Gasteiger charge is 2.19. The van der Waals surface area contributed by atoms with Crippen LogP contribution >= 0.6 is 0 Å². The lowest BCUT2D eigenvalue weighted by Gasteiger charge is -2.20. The van der Waals surface area contributed by atoms with Gasteiger partial charge in [-0.1, -0.05) is 115 Å². The van der Waals surface area contributed by atoms with Crippen molar-refractivity contribution in [3.8, 4) is 0 Å². The van der Waals surface area contributed by atoms with Gasteiger partial charge in [0, 0.05) is 0 Å². The molecule has 0 aliphatic carbocycles. The Morgan fingerprint density at radius 1 is 0.316 bits per heavy atom. The first-order valence-electron chi connectivity index (χ1n) is 13.1. The van der Waals surface area contributed by atoms with E-state index in [0.29, 0.717) is 0 Å². The van der Waals surface area contributed by atoms with Crippen LogP contribution in [0.25, 0.3) is 86.2 Å². The van der Waals surface area contributed by atoms with E-state index in [2.05, 4.69) is 121 Å².